The second-order valence-corrected chi connectivity index (χ2v) is 13.5. The first-order valence-corrected chi connectivity index (χ1v) is 15.6. The Morgan fingerprint density at radius 2 is 1.26 bits per heavy atom. The number of ether oxygens (including phenoxy) is 4. The zero-order valence-corrected chi connectivity index (χ0v) is 26.8. The van der Waals surface area contributed by atoms with Crippen LogP contribution in [0, 0.1) is 0 Å². The van der Waals surface area contributed by atoms with Gasteiger partial charge in [0, 0.05) is 70.9 Å². The standard InChI is InChI=1S/C13H24N2O3.C9H15NO3.C8H16N2O/c1-13(2,3)18-12(16)15-5-4-11(10-15)14-6-8-17-9-7-14;1-9(2,3)13-8(12)10-5-4-7(11)6-10;1-2-9-7-8(1)10-3-5-11-6-4-10/h11H,4-10H2,1-3H3;4-6H2,1-3H3;8-9H,1-7H2. The Bertz CT molecular complexity index is 857. The third kappa shape index (κ3) is 12.3. The number of carbonyl (C=O) groups excluding carboxylic acids is 3. The fourth-order valence-corrected chi connectivity index (χ4v) is 5.48. The van der Waals surface area contributed by atoms with E-state index in [0.29, 0.717) is 19.0 Å². The van der Waals surface area contributed by atoms with Crippen LogP contribution >= 0.6 is 0 Å². The Kier molecular flexibility index (Phi) is 13.3. The maximum absolute atomic E-state index is 11.9. The van der Waals surface area contributed by atoms with Crippen molar-refractivity contribution in [2.75, 3.05) is 91.9 Å². The minimum atomic E-state index is -0.483. The summed E-state index contributed by atoms with van der Waals surface area (Å²) < 4.78 is 21.2. The quantitative estimate of drug-likeness (QED) is 0.508. The number of morpholine rings is 2. The summed E-state index contributed by atoms with van der Waals surface area (Å²) >= 11 is 0. The minimum Gasteiger partial charge on any atom is -0.444 e. The average molecular weight is 598 g/mol. The fraction of sp³-hybridized carbons (Fsp3) is 0.900. The van der Waals surface area contributed by atoms with Gasteiger partial charge in [-0.3, -0.25) is 14.6 Å². The van der Waals surface area contributed by atoms with Gasteiger partial charge in [0.25, 0.3) is 0 Å². The van der Waals surface area contributed by atoms with Gasteiger partial charge in [0.1, 0.15) is 11.2 Å². The number of amides is 2. The third-order valence-corrected chi connectivity index (χ3v) is 7.65. The van der Waals surface area contributed by atoms with Crippen molar-refractivity contribution in [1.29, 1.82) is 0 Å². The van der Waals surface area contributed by atoms with Crippen LogP contribution in [0.4, 0.5) is 9.59 Å². The predicted octanol–water partition coefficient (Wildman–Crippen LogP) is 2.20. The number of carbonyl (C=O) groups is 3. The zero-order valence-electron chi connectivity index (χ0n) is 26.8. The Balaban J connectivity index is 0.000000179. The van der Waals surface area contributed by atoms with E-state index < -0.39 is 17.3 Å². The molecule has 42 heavy (non-hydrogen) atoms. The van der Waals surface area contributed by atoms with Gasteiger partial charge in [-0.25, -0.2) is 9.59 Å². The summed E-state index contributed by atoms with van der Waals surface area (Å²) in [5, 5.41) is 3.39. The molecule has 0 aliphatic carbocycles. The molecule has 5 rings (SSSR count). The van der Waals surface area contributed by atoms with Crippen LogP contribution in [0.2, 0.25) is 0 Å². The lowest BCUT2D eigenvalue weighted by Crippen LogP contribution is -2.45. The molecule has 0 aromatic carbocycles. The van der Waals surface area contributed by atoms with E-state index in [9.17, 15) is 14.4 Å². The first kappa shape index (κ1) is 34.5. The average Bonchev–Trinajstić information content (AvgIpc) is 3.71. The highest BCUT2D eigenvalue weighted by Crippen LogP contribution is 2.20. The molecule has 1 N–H and O–H groups in total. The highest BCUT2D eigenvalue weighted by Gasteiger charge is 2.33. The summed E-state index contributed by atoms with van der Waals surface area (Å²) in [6.45, 7) is 23.5. The molecule has 0 radical (unpaired) electrons. The highest BCUT2D eigenvalue weighted by atomic mass is 16.6. The molecule has 2 unspecified atom stereocenters. The maximum atomic E-state index is 11.9. The van der Waals surface area contributed by atoms with E-state index in [1.54, 1.807) is 0 Å². The molecule has 0 saturated carbocycles. The van der Waals surface area contributed by atoms with E-state index in [1.165, 1.54) is 24.4 Å². The summed E-state index contributed by atoms with van der Waals surface area (Å²) in [5.74, 6) is 0.103. The van der Waals surface area contributed by atoms with Gasteiger partial charge in [0.2, 0.25) is 0 Å². The van der Waals surface area contributed by atoms with E-state index >= 15 is 0 Å². The van der Waals surface area contributed by atoms with Gasteiger partial charge < -0.3 is 34.1 Å². The number of nitrogens with zero attached hydrogens (tertiary/aromatic N) is 4. The second-order valence-electron chi connectivity index (χ2n) is 13.5. The second kappa shape index (κ2) is 16.2. The topological polar surface area (TPSA) is 113 Å². The molecule has 12 nitrogen and oxygen atoms in total. The number of ketones is 1. The number of Topliss-reactive ketones (excluding diaryl/α,β-unsaturated/α-hetero) is 1. The lowest BCUT2D eigenvalue weighted by Gasteiger charge is -2.32. The molecule has 5 fully saturated rings. The van der Waals surface area contributed by atoms with Crippen molar-refractivity contribution in [2.45, 2.75) is 84.1 Å². The van der Waals surface area contributed by atoms with Crippen LogP contribution in [-0.2, 0) is 23.7 Å². The first-order chi connectivity index (χ1) is 19.8. The Labute approximate surface area is 252 Å². The van der Waals surface area contributed by atoms with Crippen molar-refractivity contribution in [3.05, 3.63) is 0 Å². The van der Waals surface area contributed by atoms with Crippen molar-refractivity contribution in [3.8, 4) is 0 Å². The maximum Gasteiger partial charge on any atom is 0.410 e. The minimum absolute atomic E-state index is 0.103. The molecule has 242 valence electrons. The Morgan fingerprint density at radius 1 is 0.738 bits per heavy atom. The van der Waals surface area contributed by atoms with Crippen molar-refractivity contribution >= 4 is 18.0 Å². The third-order valence-electron chi connectivity index (χ3n) is 7.65. The van der Waals surface area contributed by atoms with E-state index in [0.717, 1.165) is 78.2 Å². The summed E-state index contributed by atoms with van der Waals surface area (Å²) in [7, 11) is 0. The predicted molar refractivity (Wildman–Crippen MR) is 160 cm³/mol. The number of nitrogens with one attached hydrogen (secondary N) is 1. The van der Waals surface area contributed by atoms with Crippen LogP contribution in [0.25, 0.3) is 0 Å². The number of hydrogen-bond acceptors (Lipinski definition) is 10. The van der Waals surface area contributed by atoms with E-state index in [1.807, 2.05) is 46.4 Å². The first-order valence-electron chi connectivity index (χ1n) is 15.6. The van der Waals surface area contributed by atoms with Gasteiger partial charge in [-0.1, -0.05) is 0 Å². The molecule has 0 aromatic rings. The zero-order chi connectivity index (χ0) is 30.8. The van der Waals surface area contributed by atoms with E-state index in [4.69, 9.17) is 18.9 Å². The Morgan fingerprint density at radius 3 is 1.71 bits per heavy atom. The Hall–Kier alpha value is -1.99. The van der Waals surface area contributed by atoms with Crippen molar-refractivity contribution < 1.29 is 33.3 Å². The molecule has 5 heterocycles. The van der Waals surface area contributed by atoms with E-state index in [-0.39, 0.29) is 18.4 Å². The molecule has 2 amide bonds. The van der Waals surface area contributed by atoms with Crippen LogP contribution in [0.15, 0.2) is 0 Å². The molecule has 5 saturated heterocycles. The number of hydrogen-bond donors (Lipinski definition) is 1. The molecule has 5 aliphatic rings. The normalized spacial score (nSPS) is 25.8. The molecule has 0 bridgehead atoms. The van der Waals surface area contributed by atoms with Gasteiger partial charge in [-0.2, -0.15) is 0 Å². The summed E-state index contributed by atoms with van der Waals surface area (Å²) in [5.41, 5.74) is -0.892. The molecular formula is C30H55N5O7. The van der Waals surface area contributed by atoms with Crippen LogP contribution < -0.4 is 5.32 Å². The van der Waals surface area contributed by atoms with Crippen molar-refractivity contribution in [2.24, 2.45) is 0 Å². The fourth-order valence-electron chi connectivity index (χ4n) is 5.48. The molecular weight excluding hydrogens is 542 g/mol. The molecule has 0 spiro atoms. The lowest BCUT2D eigenvalue weighted by atomic mass is 10.2. The van der Waals surface area contributed by atoms with Crippen LogP contribution in [0.3, 0.4) is 0 Å². The summed E-state index contributed by atoms with van der Waals surface area (Å²) in [6, 6.07) is 1.26. The largest absolute Gasteiger partial charge is 0.444 e. The smallest absolute Gasteiger partial charge is 0.410 e. The molecule has 12 heteroatoms. The number of rotatable bonds is 2. The van der Waals surface area contributed by atoms with Gasteiger partial charge in [0.15, 0.2) is 5.78 Å². The van der Waals surface area contributed by atoms with Gasteiger partial charge in [-0.15, -0.1) is 0 Å². The highest BCUT2D eigenvalue weighted by molar-refractivity contribution is 5.87. The summed E-state index contributed by atoms with van der Waals surface area (Å²) in [4.78, 5) is 42.4. The van der Waals surface area contributed by atoms with Crippen LogP contribution in [0.1, 0.15) is 60.8 Å². The van der Waals surface area contributed by atoms with Crippen molar-refractivity contribution in [3.63, 3.8) is 0 Å². The lowest BCUT2D eigenvalue weighted by molar-refractivity contribution is -0.117. The molecule has 0 aromatic heterocycles. The van der Waals surface area contributed by atoms with Crippen molar-refractivity contribution in [1.82, 2.24) is 24.9 Å². The van der Waals surface area contributed by atoms with E-state index in [2.05, 4.69) is 15.1 Å². The van der Waals surface area contributed by atoms with Gasteiger partial charge >= 0.3 is 12.2 Å². The van der Waals surface area contributed by atoms with Gasteiger partial charge in [0.05, 0.1) is 33.0 Å². The number of likely N-dealkylation sites (tertiary alicyclic amines) is 2. The SMILES string of the molecule is C1CC(N2CCOCC2)CN1.CC(C)(C)OC(=O)N1CCC(=O)C1.CC(C)(C)OC(=O)N1CCC(N2CCOCC2)C1. The monoisotopic (exact) mass is 597 g/mol. The summed E-state index contributed by atoms with van der Waals surface area (Å²) in [6.07, 6.45) is 2.25. The van der Waals surface area contributed by atoms with Crippen LogP contribution in [-0.4, -0.2) is 153 Å². The molecule has 2 atom stereocenters. The molecule has 5 aliphatic heterocycles. The van der Waals surface area contributed by atoms with Crippen LogP contribution in [0.5, 0.6) is 0 Å². The van der Waals surface area contributed by atoms with Gasteiger partial charge in [-0.05, 0) is 60.9 Å².